The number of carbonyl (C=O) groups excluding carboxylic acids is 1. The molecule has 22 heavy (non-hydrogen) atoms. The molecule has 2 atom stereocenters. The van der Waals surface area contributed by atoms with Gasteiger partial charge in [-0.25, -0.2) is 4.79 Å². The number of fused-ring (bicyclic) bond motifs is 1. The molecular formula is C16H10Cl2O4. The summed E-state index contributed by atoms with van der Waals surface area (Å²) in [7, 11) is 0. The predicted octanol–water partition coefficient (Wildman–Crippen LogP) is 4.07. The maximum absolute atomic E-state index is 12.1. The van der Waals surface area contributed by atoms with Gasteiger partial charge in [-0.05, 0) is 23.8 Å². The number of hydrogen-bond acceptors (Lipinski definition) is 3. The van der Waals surface area contributed by atoms with Gasteiger partial charge in [0, 0.05) is 15.6 Å². The van der Waals surface area contributed by atoms with Crippen LogP contribution in [0.2, 0.25) is 10.0 Å². The van der Waals surface area contributed by atoms with E-state index in [1.807, 2.05) is 0 Å². The maximum atomic E-state index is 12.1. The van der Waals surface area contributed by atoms with Gasteiger partial charge in [-0.2, -0.15) is 0 Å². The second kappa shape index (κ2) is 5.63. The summed E-state index contributed by atoms with van der Waals surface area (Å²) in [4.78, 5) is 23.9. The van der Waals surface area contributed by atoms with E-state index in [4.69, 9.17) is 27.9 Å². The zero-order chi connectivity index (χ0) is 15.9. The van der Waals surface area contributed by atoms with Crippen LogP contribution in [0.1, 0.15) is 33.5 Å². The van der Waals surface area contributed by atoms with Crippen LogP contribution in [0, 0.1) is 0 Å². The van der Waals surface area contributed by atoms with Gasteiger partial charge in [0.2, 0.25) is 0 Å². The van der Waals surface area contributed by atoms with E-state index >= 15 is 0 Å². The topological polar surface area (TPSA) is 63.6 Å². The molecule has 0 fully saturated rings. The molecule has 1 heterocycles. The van der Waals surface area contributed by atoms with Crippen LogP contribution in [0.3, 0.4) is 0 Å². The molecule has 2 aromatic rings. The molecule has 0 aromatic heterocycles. The first-order valence-corrected chi connectivity index (χ1v) is 7.22. The number of carboxylic acid groups (broad SMARTS) is 1. The van der Waals surface area contributed by atoms with Crippen molar-refractivity contribution in [1.29, 1.82) is 0 Å². The van der Waals surface area contributed by atoms with Gasteiger partial charge in [-0.15, -0.1) is 0 Å². The van der Waals surface area contributed by atoms with Crippen LogP contribution in [0.25, 0.3) is 0 Å². The van der Waals surface area contributed by atoms with Gasteiger partial charge in [0.05, 0.1) is 5.56 Å². The fourth-order valence-corrected chi connectivity index (χ4v) is 3.12. The van der Waals surface area contributed by atoms with Gasteiger partial charge >= 0.3 is 11.9 Å². The van der Waals surface area contributed by atoms with Crippen LogP contribution in [-0.2, 0) is 9.53 Å². The third-order valence-corrected chi connectivity index (χ3v) is 4.15. The molecule has 1 aliphatic rings. The lowest BCUT2D eigenvalue weighted by Gasteiger charge is -2.31. The number of benzene rings is 2. The van der Waals surface area contributed by atoms with Gasteiger partial charge in [-0.1, -0.05) is 47.5 Å². The molecule has 0 saturated heterocycles. The molecule has 2 aromatic carbocycles. The average Bonchev–Trinajstić information content (AvgIpc) is 2.46. The lowest BCUT2D eigenvalue weighted by atomic mass is 9.84. The van der Waals surface area contributed by atoms with E-state index < -0.39 is 24.0 Å². The number of cyclic esters (lactones) is 1. The second-order valence-corrected chi connectivity index (χ2v) is 5.74. The van der Waals surface area contributed by atoms with Gasteiger partial charge < -0.3 is 9.84 Å². The van der Waals surface area contributed by atoms with Crippen molar-refractivity contribution in [3.8, 4) is 0 Å². The van der Waals surface area contributed by atoms with E-state index in [0.717, 1.165) is 0 Å². The Balaban J connectivity index is 2.16. The highest BCUT2D eigenvalue weighted by Crippen LogP contribution is 2.43. The number of rotatable bonds is 2. The first-order valence-electron chi connectivity index (χ1n) is 6.46. The quantitative estimate of drug-likeness (QED) is 0.839. The maximum Gasteiger partial charge on any atom is 0.339 e. The summed E-state index contributed by atoms with van der Waals surface area (Å²) in [6, 6.07) is 11.2. The molecule has 112 valence electrons. The summed E-state index contributed by atoms with van der Waals surface area (Å²) in [5.41, 5.74) is 1.10. The number of aliphatic carboxylic acids is 1. The zero-order valence-corrected chi connectivity index (χ0v) is 12.6. The van der Waals surface area contributed by atoms with E-state index in [9.17, 15) is 14.7 Å². The van der Waals surface area contributed by atoms with Crippen LogP contribution >= 0.6 is 23.2 Å². The highest BCUT2D eigenvalue weighted by Gasteiger charge is 2.41. The number of carbonyl (C=O) groups is 2. The van der Waals surface area contributed by atoms with Crippen molar-refractivity contribution in [2.24, 2.45) is 0 Å². The lowest BCUT2D eigenvalue weighted by molar-refractivity contribution is -0.142. The van der Waals surface area contributed by atoms with Crippen molar-refractivity contribution in [3.05, 3.63) is 69.2 Å². The zero-order valence-electron chi connectivity index (χ0n) is 11.1. The first kappa shape index (κ1) is 14.9. The van der Waals surface area contributed by atoms with Crippen LogP contribution in [-0.4, -0.2) is 17.0 Å². The fourth-order valence-electron chi connectivity index (χ4n) is 2.60. The molecule has 1 N–H and O–H groups in total. The molecule has 0 unspecified atom stereocenters. The van der Waals surface area contributed by atoms with Crippen molar-refractivity contribution in [2.45, 2.75) is 12.0 Å². The number of ether oxygens (including phenoxy) is 1. The third kappa shape index (κ3) is 2.45. The molecule has 1 aliphatic heterocycles. The number of halogens is 2. The number of carboxylic acids is 1. The second-order valence-electron chi connectivity index (χ2n) is 4.89. The van der Waals surface area contributed by atoms with E-state index in [1.54, 1.807) is 36.4 Å². The summed E-state index contributed by atoms with van der Waals surface area (Å²) in [5.74, 6) is -2.67. The fraction of sp³-hybridized carbons (Fsp3) is 0.125. The normalized spacial score (nSPS) is 20.2. The number of esters is 1. The molecule has 0 aliphatic carbocycles. The van der Waals surface area contributed by atoms with Gasteiger partial charge in [0.1, 0.15) is 12.0 Å². The molecular weight excluding hydrogens is 327 g/mol. The van der Waals surface area contributed by atoms with E-state index in [-0.39, 0.29) is 10.6 Å². The Morgan fingerprint density at radius 3 is 2.50 bits per heavy atom. The molecule has 0 saturated carbocycles. The molecule has 6 heteroatoms. The van der Waals surface area contributed by atoms with Crippen LogP contribution in [0.4, 0.5) is 0 Å². The Hall–Kier alpha value is -2.04. The molecule has 0 radical (unpaired) electrons. The summed E-state index contributed by atoms with van der Waals surface area (Å²) in [6.07, 6.45) is -0.996. The van der Waals surface area contributed by atoms with E-state index in [1.165, 1.54) is 6.07 Å². The van der Waals surface area contributed by atoms with Crippen molar-refractivity contribution in [3.63, 3.8) is 0 Å². The highest BCUT2D eigenvalue weighted by atomic mass is 35.5. The predicted molar refractivity (Wildman–Crippen MR) is 81.4 cm³/mol. The van der Waals surface area contributed by atoms with Crippen LogP contribution in [0.15, 0.2) is 42.5 Å². The Kier molecular flexibility index (Phi) is 3.81. The standard InChI is InChI=1S/C16H10Cl2O4/c17-8-5-6-11(12(18)7-8)14-13(15(19)20)9-3-1-2-4-10(9)16(21)22-14/h1-7,13-14H,(H,19,20)/t13-,14+/m1/s1. The summed E-state index contributed by atoms with van der Waals surface area (Å²) < 4.78 is 5.35. The third-order valence-electron chi connectivity index (χ3n) is 3.59. The van der Waals surface area contributed by atoms with Gasteiger partial charge in [0.15, 0.2) is 0 Å². The monoisotopic (exact) mass is 336 g/mol. The minimum Gasteiger partial charge on any atom is -0.481 e. The summed E-state index contributed by atoms with van der Waals surface area (Å²) >= 11 is 12.0. The van der Waals surface area contributed by atoms with Crippen molar-refractivity contribution >= 4 is 35.1 Å². The largest absolute Gasteiger partial charge is 0.481 e. The van der Waals surface area contributed by atoms with Crippen molar-refractivity contribution in [1.82, 2.24) is 0 Å². The number of hydrogen-bond donors (Lipinski definition) is 1. The summed E-state index contributed by atoms with van der Waals surface area (Å²) in [6.45, 7) is 0. The van der Waals surface area contributed by atoms with Crippen molar-refractivity contribution in [2.75, 3.05) is 0 Å². The Bertz CT molecular complexity index is 772. The van der Waals surface area contributed by atoms with Gasteiger partial charge in [0.25, 0.3) is 0 Å². The summed E-state index contributed by atoms with van der Waals surface area (Å²) in [5, 5.41) is 10.3. The molecule has 0 bridgehead atoms. The van der Waals surface area contributed by atoms with Gasteiger partial charge in [-0.3, -0.25) is 4.79 Å². The Morgan fingerprint density at radius 1 is 1.09 bits per heavy atom. The Morgan fingerprint density at radius 2 is 1.82 bits per heavy atom. The van der Waals surface area contributed by atoms with Crippen LogP contribution in [0.5, 0.6) is 0 Å². The lowest BCUT2D eigenvalue weighted by Crippen LogP contribution is -2.31. The molecule has 0 spiro atoms. The smallest absolute Gasteiger partial charge is 0.339 e. The minimum atomic E-state index is -1.09. The average molecular weight is 337 g/mol. The highest BCUT2D eigenvalue weighted by molar-refractivity contribution is 6.35. The van der Waals surface area contributed by atoms with E-state index in [0.29, 0.717) is 16.1 Å². The molecule has 3 rings (SSSR count). The van der Waals surface area contributed by atoms with E-state index in [2.05, 4.69) is 0 Å². The molecule has 4 nitrogen and oxygen atoms in total. The first-order chi connectivity index (χ1) is 10.5. The molecule has 0 amide bonds. The van der Waals surface area contributed by atoms with Crippen LogP contribution < -0.4 is 0 Å². The SMILES string of the molecule is O=C1O[C@@H](c2ccc(Cl)cc2Cl)[C@H](C(=O)O)c2ccccc21. The Labute approximate surface area is 136 Å². The van der Waals surface area contributed by atoms with Crippen molar-refractivity contribution < 1.29 is 19.4 Å². The minimum absolute atomic E-state index is 0.260.